The van der Waals surface area contributed by atoms with E-state index in [-0.39, 0.29) is 0 Å². The van der Waals surface area contributed by atoms with Crippen LogP contribution in [0.5, 0.6) is 0 Å². The topological polar surface area (TPSA) is 125 Å². The average Bonchev–Trinajstić information content (AvgIpc) is 2.14. The number of carbonyl (C=O) groups is 1. The van der Waals surface area contributed by atoms with Crippen molar-refractivity contribution in [2.75, 3.05) is 6.66 Å². The third-order valence-corrected chi connectivity index (χ3v) is 0.839. The van der Waals surface area contributed by atoms with Crippen molar-refractivity contribution in [2.24, 2.45) is 0 Å². The van der Waals surface area contributed by atoms with Crippen molar-refractivity contribution in [3.8, 4) is 12.1 Å². The summed E-state index contributed by atoms with van der Waals surface area (Å²) in [6.07, 6.45) is 1.38. The number of ketones is 1. The normalized spacial score (nSPS) is 8.00. The van der Waals surface area contributed by atoms with Gasteiger partial charge in [-0.15, -0.1) is 0 Å². The molecule has 3 N–H and O–H groups in total. The number of rotatable bonds is 2. The van der Waals surface area contributed by atoms with Gasteiger partial charge in [-0.3, -0.25) is 4.79 Å². The van der Waals surface area contributed by atoms with Gasteiger partial charge in [0.2, 0.25) is 0 Å². The molecule has 0 aromatic carbocycles. The molecule has 6 nitrogen and oxygen atoms in total. The van der Waals surface area contributed by atoms with Crippen LogP contribution >= 0.6 is 7.94 Å². The van der Waals surface area contributed by atoms with E-state index >= 15 is 0 Å². The monoisotopic (exact) mass is 235 g/mol. The maximum atomic E-state index is 10.2. The van der Waals surface area contributed by atoms with Crippen molar-refractivity contribution in [1.29, 1.82) is 10.5 Å². The van der Waals surface area contributed by atoms with E-state index in [0.717, 1.165) is 6.66 Å². The molecule has 0 aromatic heterocycles. The molecule has 0 aromatic rings. The molecule has 0 aliphatic carbocycles. The molecular weight excluding hydrogens is 219 g/mol. The number of nitrogens with zero attached hydrogens (tertiary/aromatic N) is 2. The number of Topliss-reactive ketones (excluding diaryl/α,β-unsaturated/α-hetero) is 1. The molecule has 0 fully saturated rings. The Labute approximate surface area is 90.0 Å². The fraction of sp³-hybridized carbons (Fsp3) is 0.625. The van der Waals surface area contributed by atoms with Gasteiger partial charge < -0.3 is 0 Å². The Bertz CT molecular complexity index is 212. The van der Waals surface area contributed by atoms with Crippen LogP contribution in [0.3, 0.4) is 0 Å². The molecule has 86 valence electrons. The fourth-order valence-electron chi connectivity index (χ4n) is 0.250. The molecule has 0 spiro atoms. The van der Waals surface area contributed by atoms with Crippen LogP contribution in [0.25, 0.3) is 0 Å². The second-order valence-corrected chi connectivity index (χ2v) is 4.07. The van der Waals surface area contributed by atoms with Gasteiger partial charge in [-0.2, -0.15) is 25.2 Å². The van der Waals surface area contributed by atoms with Crippen molar-refractivity contribution in [3.05, 3.63) is 0 Å². The largest absolute Gasteiger partial charge is 0.400 e. The van der Waals surface area contributed by atoms with Gasteiger partial charge in [-0.1, -0.05) is 13.8 Å². The summed E-state index contributed by atoms with van der Waals surface area (Å²) in [5.41, 5.74) is 0. The van der Waals surface area contributed by atoms with Crippen LogP contribution < -0.4 is 0 Å². The van der Waals surface area contributed by atoms with Crippen molar-refractivity contribution < 1.29 is 19.5 Å². The minimum atomic E-state index is -3.39. The predicted octanol–water partition coefficient (Wildman–Crippen LogP) is 0.765. The van der Waals surface area contributed by atoms with Crippen LogP contribution in [-0.2, 0) is 4.79 Å². The highest BCUT2D eigenvalue weighted by Crippen LogP contribution is 2.38. The van der Waals surface area contributed by atoms with E-state index in [1.807, 2.05) is 13.8 Å². The predicted molar refractivity (Wildman–Crippen MR) is 56.3 cm³/mol. The second-order valence-electron chi connectivity index (χ2n) is 2.34. The van der Waals surface area contributed by atoms with Gasteiger partial charge in [0.15, 0.2) is 12.1 Å². The molecule has 0 radical (unpaired) electrons. The number of carbonyl (C=O) groups excluding carboxylic acids is 1. The standard InChI is InChI=1S/C5H10O.C2N2.CH6O3P/c1-3-5(6)4-2;3-1-2-4;1-5(2,3)4/h3-4H2,1-2H3;;2-4H,1H3/q;;+1. The smallest absolute Gasteiger partial charge is 0.300 e. The van der Waals surface area contributed by atoms with Gasteiger partial charge in [0.25, 0.3) is 0 Å². The summed E-state index contributed by atoms with van der Waals surface area (Å²) in [7, 11) is -3.39. The summed E-state index contributed by atoms with van der Waals surface area (Å²) in [6, 6.07) is 2.47. The van der Waals surface area contributed by atoms with E-state index in [2.05, 4.69) is 0 Å². The van der Waals surface area contributed by atoms with Gasteiger partial charge >= 0.3 is 7.94 Å². The highest BCUT2D eigenvalue weighted by molar-refractivity contribution is 7.57. The Morgan fingerprint density at radius 2 is 1.33 bits per heavy atom. The lowest BCUT2D eigenvalue weighted by atomic mass is 10.3. The quantitative estimate of drug-likeness (QED) is 0.607. The zero-order valence-electron chi connectivity index (χ0n) is 9.01. The Morgan fingerprint density at radius 1 is 1.13 bits per heavy atom. The molecule has 0 saturated heterocycles. The zero-order chi connectivity index (χ0) is 12.9. The number of nitriles is 2. The molecule has 7 heteroatoms. The summed E-state index contributed by atoms with van der Waals surface area (Å²) < 4.78 is 0. The van der Waals surface area contributed by atoms with E-state index in [1.165, 1.54) is 12.1 Å². The van der Waals surface area contributed by atoms with E-state index in [1.54, 1.807) is 0 Å². The third kappa shape index (κ3) is 99.3. The molecule has 15 heavy (non-hydrogen) atoms. The SMILES string of the molecule is CCC(=O)CC.C[P+](O)(O)O.N#CC#N. The Balaban J connectivity index is -0.000000147. The van der Waals surface area contributed by atoms with Crippen LogP contribution in [0.1, 0.15) is 26.7 Å². The van der Waals surface area contributed by atoms with Crippen LogP contribution in [0.2, 0.25) is 0 Å². The Hall–Kier alpha value is -1.04. The summed E-state index contributed by atoms with van der Waals surface area (Å²) in [4.78, 5) is 33.4. The lowest BCUT2D eigenvalue weighted by Crippen LogP contribution is -1.88. The molecule has 0 unspecified atom stereocenters. The minimum absolute atomic E-state index is 0.343. The molecule has 0 heterocycles. The van der Waals surface area contributed by atoms with Gasteiger partial charge in [0, 0.05) is 12.8 Å². The van der Waals surface area contributed by atoms with Crippen LogP contribution in [0.15, 0.2) is 0 Å². The molecule has 0 aliphatic rings. The lowest BCUT2D eigenvalue weighted by molar-refractivity contribution is -0.118. The van der Waals surface area contributed by atoms with Crippen molar-refractivity contribution in [3.63, 3.8) is 0 Å². The first-order valence-corrected chi connectivity index (χ1v) is 6.16. The zero-order valence-corrected chi connectivity index (χ0v) is 9.90. The highest BCUT2D eigenvalue weighted by atomic mass is 31.2. The maximum Gasteiger partial charge on any atom is 0.400 e. The fourth-order valence-corrected chi connectivity index (χ4v) is 0.250. The molecule has 0 rings (SSSR count). The molecular formula is C8H16N2O4P+. The second kappa shape index (κ2) is 13.0. The molecule has 0 aliphatic heterocycles. The summed E-state index contributed by atoms with van der Waals surface area (Å²) in [5, 5.41) is 14.5. The van der Waals surface area contributed by atoms with E-state index in [4.69, 9.17) is 25.2 Å². The van der Waals surface area contributed by atoms with Crippen molar-refractivity contribution in [2.45, 2.75) is 26.7 Å². The van der Waals surface area contributed by atoms with Crippen LogP contribution in [0.4, 0.5) is 0 Å². The average molecular weight is 235 g/mol. The van der Waals surface area contributed by atoms with Gasteiger partial charge in [0.1, 0.15) is 12.4 Å². The molecule has 0 atom stereocenters. The molecule has 0 amide bonds. The first kappa shape index (κ1) is 19.5. The number of hydrogen-bond acceptors (Lipinski definition) is 6. The first-order valence-electron chi connectivity index (χ1n) is 4.07. The number of hydrogen-bond donors (Lipinski definition) is 3. The highest BCUT2D eigenvalue weighted by Gasteiger charge is 2.17. The van der Waals surface area contributed by atoms with Crippen LogP contribution in [0, 0.1) is 22.7 Å². The summed E-state index contributed by atoms with van der Waals surface area (Å²) in [6.45, 7) is 4.73. The Kier molecular flexibility index (Phi) is 16.9. The van der Waals surface area contributed by atoms with Crippen LogP contribution in [-0.4, -0.2) is 27.1 Å². The summed E-state index contributed by atoms with van der Waals surface area (Å²) >= 11 is 0. The molecule has 0 bridgehead atoms. The van der Waals surface area contributed by atoms with Crippen molar-refractivity contribution in [1.82, 2.24) is 0 Å². The van der Waals surface area contributed by atoms with Crippen molar-refractivity contribution >= 4 is 13.7 Å². The molecule has 0 saturated carbocycles. The van der Waals surface area contributed by atoms with E-state index in [9.17, 15) is 4.79 Å². The van der Waals surface area contributed by atoms with E-state index in [0.29, 0.717) is 18.6 Å². The van der Waals surface area contributed by atoms with Gasteiger partial charge in [0.05, 0.1) is 0 Å². The Morgan fingerprint density at radius 3 is 1.33 bits per heavy atom. The third-order valence-electron chi connectivity index (χ3n) is 0.839. The summed E-state index contributed by atoms with van der Waals surface area (Å²) in [5.74, 6) is 0.343. The maximum absolute atomic E-state index is 10.2. The first-order chi connectivity index (χ1) is 6.72. The minimum Gasteiger partial charge on any atom is -0.300 e. The lowest BCUT2D eigenvalue weighted by Gasteiger charge is -1.88. The van der Waals surface area contributed by atoms with E-state index < -0.39 is 7.94 Å². The van der Waals surface area contributed by atoms with Gasteiger partial charge in [-0.25, -0.2) is 0 Å². The van der Waals surface area contributed by atoms with Gasteiger partial charge in [-0.05, 0) is 0 Å².